The van der Waals surface area contributed by atoms with Gasteiger partial charge in [-0.25, -0.2) is 13.8 Å². The number of benzene rings is 2. The number of likely N-dealkylation sites (tertiary alicyclic amines) is 1. The Bertz CT molecular complexity index is 1510. The number of alkyl halides is 1. The molecular weight excluding hydrogens is 576 g/mol. The van der Waals surface area contributed by atoms with Crippen molar-refractivity contribution in [3.63, 3.8) is 0 Å². The molecule has 1 aromatic heterocycles. The lowest BCUT2D eigenvalue weighted by Gasteiger charge is -2.43. The number of amidine groups is 1. The van der Waals surface area contributed by atoms with E-state index in [9.17, 15) is 8.78 Å². The molecule has 0 N–H and O–H groups in total. The average Bonchev–Trinajstić information content (AvgIpc) is 3.53. The summed E-state index contributed by atoms with van der Waals surface area (Å²) < 4.78 is 43.2. The summed E-state index contributed by atoms with van der Waals surface area (Å²) in [4.78, 5) is 6.36. The third-order valence-electron chi connectivity index (χ3n) is 8.60. The lowest BCUT2D eigenvalue weighted by atomic mass is 9.87. The van der Waals surface area contributed by atoms with E-state index in [0.717, 1.165) is 34.6 Å². The predicted octanol–water partition coefficient (Wildman–Crippen LogP) is 7.28. The molecule has 2 aromatic carbocycles. The molecule has 0 amide bonds. The molecule has 7 nitrogen and oxygen atoms in total. The molecule has 3 unspecified atom stereocenters. The smallest absolute Gasteiger partial charge is 0.192 e. The number of piperidine rings is 1. The van der Waals surface area contributed by atoms with Gasteiger partial charge in [0, 0.05) is 24.4 Å². The Labute approximate surface area is 252 Å². The van der Waals surface area contributed by atoms with Crippen molar-refractivity contribution in [1.82, 2.24) is 14.5 Å². The van der Waals surface area contributed by atoms with Crippen LogP contribution in [0.25, 0.3) is 5.69 Å². The number of rotatable bonds is 8. The second kappa shape index (κ2) is 11.5. The second-order valence-corrected chi connectivity index (χ2v) is 18.0. The van der Waals surface area contributed by atoms with Gasteiger partial charge in [-0.3, -0.25) is 0 Å². The molecule has 3 aromatic rings. The fraction of sp³-hybridized carbons (Fsp3) is 0.452. The second-order valence-electron chi connectivity index (χ2n) is 12.6. The quantitative estimate of drug-likeness (QED) is 0.198. The zero-order valence-corrected chi connectivity index (χ0v) is 26.9. The van der Waals surface area contributed by atoms with Crippen LogP contribution in [0.4, 0.5) is 8.78 Å². The van der Waals surface area contributed by atoms with Crippen LogP contribution < -0.4 is 4.74 Å². The van der Waals surface area contributed by atoms with E-state index in [1.165, 1.54) is 12.1 Å². The molecule has 2 aliphatic heterocycles. The third kappa shape index (κ3) is 6.02. The van der Waals surface area contributed by atoms with Gasteiger partial charge in [-0.2, -0.15) is 5.10 Å². The number of nitrogens with zero attached hydrogens (tertiary/aromatic N) is 5. The van der Waals surface area contributed by atoms with E-state index in [4.69, 9.17) is 20.8 Å². The SMILES string of the molecule is COc1cc(C2=NN=C3C2CC(Cl)CN3C(CO[Si](C)(C)C(C)(C)C)c2cc(F)cc(F)c2)ccc1-n1cnc(C)c1. The van der Waals surface area contributed by atoms with E-state index in [0.29, 0.717) is 24.3 Å². The van der Waals surface area contributed by atoms with Gasteiger partial charge in [0.15, 0.2) is 8.32 Å². The molecule has 11 heteroatoms. The predicted molar refractivity (Wildman–Crippen MR) is 166 cm³/mol. The number of aryl methyl sites for hydroxylation is 1. The van der Waals surface area contributed by atoms with Crippen LogP contribution in [-0.2, 0) is 4.43 Å². The summed E-state index contributed by atoms with van der Waals surface area (Å²) in [5, 5.41) is 8.99. The zero-order valence-electron chi connectivity index (χ0n) is 25.2. The summed E-state index contributed by atoms with van der Waals surface area (Å²) in [6, 6.07) is 9.04. The van der Waals surface area contributed by atoms with Gasteiger partial charge < -0.3 is 18.6 Å². The number of ether oxygens (including phenoxy) is 1. The highest BCUT2D eigenvalue weighted by atomic mass is 35.5. The Morgan fingerprint density at radius 3 is 2.43 bits per heavy atom. The minimum Gasteiger partial charge on any atom is -0.495 e. The van der Waals surface area contributed by atoms with Crippen molar-refractivity contribution in [2.24, 2.45) is 16.1 Å². The molecule has 1 saturated heterocycles. The number of halogens is 3. The number of fused-ring (bicyclic) bond motifs is 1. The number of methoxy groups -OCH3 is 1. The minimum absolute atomic E-state index is 0.0357. The maximum absolute atomic E-state index is 14.5. The van der Waals surface area contributed by atoms with Gasteiger partial charge >= 0.3 is 0 Å². The van der Waals surface area contributed by atoms with E-state index in [1.54, 1.807) is 13.4 Å². The van der Waals surface area contributed by atoms with E-state index in [-0.39, 0.29) is 22.9 Å². The minimum atomic E-state index is -2.19. The molecule has 0 radical (unpaired) electrons. The first-order valence-electron chi connectivity index (χ1n) is 14.1. The van der Waals surface area contributed by atoms with Crippen LogP contribution >= 0.6 is 11.6 Å². The van der Waals surface area contributed by atoms with Crippen LogP contribution in [0.2, 0.25) is 18.1 Å². The van der Waals surface area contributed by atoms with Gasteiger partial charge in [-0.1, -0.05) is 26.8 Å². The maximum Gasteiger partial charge on any atom is 0.192 e. The van der Waals surface area contributed by atoms with E-state index in [2.05, 4.69) is 49.1 Å². The standard InChI is InChI=1S/C31H38ClF2N5O2Si/c1-19-15-38(18-35-19)26-9-8-20(12-28(26)40-5)29-25-13-22(32)16-39(30(25)37-36-29)27(17-41-42(6,7)31(2,3)4)21-10-23(33)14-24(34)11-21/h8-12,14-15,18,22,25,27H,13,16-17H2,1-7H3. The van der Waals surface area contributed by atoms with Crippen molar-refractivity contribution in [1.29, 1.82) is 0 Å². The van der Waals surface area contributed by atoms with Crippen LogP contribution in [0.15, 0.2) is 59.1 Å². The number of aromatic nitrogens is 2. The first kappa shape index (κ1) is 30.4. The van der Waals surface area contributed by atoms with E-state index in [1.807, 2.05) is 40.8 Å². The largest absolute Gasteiger partial charge is 0.495 e. The molecular formula is C31H38ClF2N5O2Si. The number of hydrogen-bond acceptors (Lipinski definition) is 6. The molecule has 0 saturated carbocycles. The van der Waals surface area contributed by atoms with E-state index < -0.39 is 26.0 Å². The van der Waals surface area contributed by atoms with Crippen molar-refractivity contribution in [2.45, 2.75) is 63.7 Å². The molecule has 0 aliphatic carbocycles. The monoisotopic (exact) mass is 613 g/mol. The Hall–Kier alpha value is -3.08. The summed E-state index contributed by atoms with van der Waals surface area (Å²) in [5.41, 5.74) is 3.89. The number of hydrogen-bond donors (Lipinski definition) is 0. The first-order chi connectivity index (χ1) is 19.8. The van der Waals surface area contributed by atoms with Crippen molar-refractivity contribution in [3.8, 4) is 11.4 Å². The van der Waals surface area contributed by atoms with Crippen molar-refractivity contribution < 1.29 is 17.9 Å². The molecule has 3 heterocycles. The summed E-state index contributed by atoms with van der Waals surface area (Å²) in [5.74, 6) is -0.0652. The Morgan fingerprint density at radius 2 is 1.81 bits per heavy atom. The molecule has 0 bridgehead atoms. The summed E-state index contributed by atoms with van der Waals surface area (Å²) in [6.45, 7) is 13.4. The van der Waals surface area contributed by atoms with E-state index >= 15 is 0 Å². The fourth-order valence-corrected chi connectivity index (χ4v) is 6.60. The van der Waals surface area contributed by atoms with Crippen molar-refractivity contribution in [2.75, 3.05) is 20.3 Å². The Morgan fingerprint density at radius 1 is 1.10 bits per heavy atom. The fourth-order valence-electron chi connectivity index (χ4n) is 5.27. The maximum atomic E-state index is 14.5. The normalized spacial score (nSPS) is 19.8. The van der Waals surface area contributed by atoms with Crippen molar-refractivity contribution >= 4 is 31.5 Å². The average molecular weight is 614 g/mol. The molecule has 1 fully saturated rings. The highest BCUT2D eigenvalue weighted by Crippen LogP contribution is 2.40. The van der Waals surface area contributed by atoms with Gasteiger partial charge in [0.05, 0.1) is 54.5 Å². The lowest BCUT2D eigenvalue weighted by molar-refractivity contribution is 0.172. The first-order valence-corrected chi connectivity index (χ1v) is 17.5. The Kier molecular flexibility index (Phi) is 8.35. The van der Waals surface area contributed by atoms with Crippen LogP contribution in [0.5, 0.6) is 5.75 Å². The van der Waals surface area contributed by atoms with Gasteiger partial charge in [0.25, 0.3) is 0 Å². The van der Waals surface area contributed by atoms with Gasteiger partial charge in [0.2, 0.25) is 0 Å². The molecule has 42 heavy (non-hydrogen) atoms. The molecule has 0 spiro atoms. The molecule has 3 atom stereocenters. The molecule has 224 valence electrons. The van der Waals surface area contributed by atoms with Gasteiger partial charge in [-0.05, 0) is 61.3 Å². The third-order valence-corrected chi connectivity index (χ3v) is 13.4. The van der Waals surface area contributed by atoms with Gasteiger partial charge in [0.1, 0.15) is 23.2 Å². The van der Waals surface area contributed by atoms with Crippen LogP contribution in [0.3, 0.4) is 0 Å². The topological polar surface area (TPSA) is 64.2 Å². The summed E-state index contributed by atoms with van der Waals surface area (Å²) in [6.07, 6.45) is 4.32. The van der Waals surface area contributed by atoms with Crippen LogP contribution in [0, 0.1) is 24.5 Å². The van der Waals surface area contributed by atoms with Crippen LogP contribution in [-0.4, -0.2) is 60.0 Å². The highest BCUT2D eigenvalue weighted by molar-refractivity contribution is 6.74. The molecule has 5 rings (SSSR count). The molecule has 2 aliphatic rings. The lowest BCUT2D eigenvalue weighted by Crippen LogP contribution is -2.51. The summed E-state index contributed by atoms with van der Waals surface area (Å²) >= 11 is 6.89. The number of imidazole rings is 1. The Balaban J connectivity index is 1.48. The highest BCUT2D eigenvalue weighted by Gasteiger charge is 2.43. The zero-order chi connectivity index (χ0) is 30.4. The summed E-state index contributed by atoms with van der Waals surface area (Å²) in [7, 11) is -0.555. The van der Waals surface area contributed by atoms with Gasteiger partial charge in [-0.15, -0.1) is 16.7 Å². The van der Waals surface area contributed by atoms with Crippen LogP contribution in [0.1, 0.15) is 50.1 Å². The van der Waals surface area contributed by atoms with Crippen molar-refractivity contribution in [3.05, 3.63) is 77.4 Å².